The van der Waals surface area contributed by atoms with Crippen molar-refractivity contribution < 1.29 is 44.4 Å². The van der Waals surface area contributed by atoms with Crippen LogP contribution in [0.5, 0.6) is 0 Å². The summed E-state index contributed by atoms with van der Waals surface area (Å²) in [4.78, 5) is 63.9. The number of rotatable bonds is 23. The van der Waals surface area contributed by atoms with Crippen LogP contribution in [0.1, 0.15) is 96.0 Å². The normalized spacial score (nSPS) is 14.2. The number of aliphatic hydroxyl groups is 1. The molecule has 0 fully saturated rings. The summed E-state index contributed by atoms with van der Waals surface area (Å²) in [6.45, 7) is 2.15. The number of allylic oxidation sites excluding steroid dienone is 1. The van der Waals surface area contributed by atoms with Gasteiger partial charge in [-0.15, -0.1) is 0 Å². The molecule has 44 heavy (non-hydrogen) atoms. The predicted molar refractivity (Wildman–Crippen MR) is 165 cm³/mol. The first-order valence-corrected chi connectivity index (χ1v) is 15.4. The lowest BCUT2D eigenvalue weighted by molar-refractivity contribution is -0.172. The number of aromatic nitrogens is 1. The number of H-pyrrole nitrogens is 1. The number of carbonyl (C=O) groups excluding carboxylic acids is 2. The van der Waals surface area contributed by atoms with Gasteiger partial charge in [0.1, 0.15) is 11.8 Å². The molecule has 1 aromatic carbocycles. The summed E-state index contributed by atoms with van der Waals surface area (Å²) in [6, 6.07) is 5.71. The molecule has 0 saturated heterocycles. The number of hydrogen-bond donors (Lipinski definition) is 6. The van der Waals surface area contributed by atoms with Crippen molar-refractivity contribution in [1.82, 2.24) is 10.3 Å². The molecule has 1 heterocycles. The third-order valence-electron chi connectivity index (χ3n) is 7.77. The molecule has 2 unspecified atom stereocenters. The molecule has 11 heteroatoms. The fraction of sp³-hybridized carbons (Fsp3) is 0.545. The maximum atomic E-state index is 13.3. The number of nitrogens with one attached hydrogen (secondary N) is 2. The van der Waals surface area contributed by atoms with Crippen LogP contribution in [0.15, 0.2) is 42.6 Å². The van der Waals surface area contributed by atoms with E-state index in [0.29, 0.717) is 31.2 Å². The lowest BCUT2D eigenvalue weighted by Gasteiger charge is -2.29. The summed E-state index contributed by atoms with van der Waals surface area (Å²) in [7, 11) is 0. The van der Waals surface area contributed by atoms with Crippen LogP contribution < -0.4 is 5.32 Å². The van der Waals surface area contributed by atoms with Crippen molar-refractivity contribution in [2.75, 3.05) is 0 Å². The third-order valence-corrected chi connectivity index (χ3v) is 7.77. The van der Waals surface area contributed by atoms with Crippen LogP contribution in [0, 0.1) is 5.92 Å². The minimum Gasteiger partial charge on any atom is -0.481 e. The first kappa shape index (κ1) is 36.2. The van der Waals surface area contributed by atoms with Gasteiger partial charge in [0.25, 0.3) is 0 Å². The molecule has 0 aliphatic carbocycles. The van der Waals surface area contributed by atoms with Crippen LogP contribution in [0.2, 0.25) is 0 Å². The van der Waals surface area contributed by atoms with Crippen molar-refractivity contribution in [3.05, 3.63) is 48.2 Å². The summed E-state index contributed by atoms with van der Waals surface area (Å²) in [6.07, 6.45) is 13.0. The highest BCUT2D eigenvalue weighted by Gasteiger charge is 2.49. The molecule has 1 amide bonds. The minimum absolute atomic E-state index is 0.132. The average Bonchev–Trinajstić information content (AvgIpc) is 3.37. The van der Waals surface area contributed by atoms with E-state index >= 15 is 0 Å². The van der Waals surface area contributed by atoms with Gasteiger partial charge in [-0.2, -0.15) is 0 Å². The lowest BCUT2D eigenvalue weighted by atomic mass is 9.82. The highest BCUT2D eigenvalue weighted by molar-refractivity contribution is 5.95. The van der Waals surface area contributed by atoms with Crippen LogP contribution in [-0.2, 0) is 30.4 Å². The van der Waals surface area contributed by atoms with Gasteiger partial charge in [0.2, 0.25) is 5.91 Å². The molecule has 0 spiro atoms. The summed E-state index contributed by atoms with van der Waals surface area (Å²) in [5, 5.41) is 42.8. The highest BCUT2D eigenvalue weighted by Crippen LogP contribution is 2.26. The van der Waals surface area contributed by atoms with E-state index in [-0.39, 0.29) is 12.2 Å². The zero-order valence-corrected chi connectivity index (χ0v) is 25.4. The Morgan fingerprint density at radius 1 is 0.909 bits per heavy atom. The molecule has 3 atom stereocenters. The Bertz CT molecular complexity index is 1290. The Morgan fingerprint density at radius 3 is 2.16 bits per heavy atom. The number of aliphatic carboxylic acids is 3. The zero-order chi connectivity index (χ0) is 32.5. The Balaban J connectivity index is 2.00. The van der Waals surface area contributed by atoms with E-state index in [2.05, 4.69) is 17.2 Å². The average molecular weight is 615 g/mol. The Morgan fingerprint density at radius 2 is 1.55 bits per heavy atom. The number of carboxylic acid groups (broad SMARTS) is 3. The maximum Gasteiger partial charge on any atom is 0.337 e. The standard InChI is InChI=1S/C33H46N2O9/c1-2-3-4-7-10-15-24(36)16-11-8-5-6-9-12-18-26(33(44,32(42)43)21-29(37)38)30(39)35-28(31(40)41)20-23-22-34-27-19-14-13-17-25(23)27/h12-14,17-19,22,26,28,34,44H,2-11,15-16,20-21H2,1H3,(H,35,39)(H,37,38)(H,40,41)(H,42,43)/b18-12+/t26?,28-,33?/m0/s1. The second-order valence-corrected chi connectivity index (χ2v) is 11.3. The third kappa shape index (κ3) is 11.6. The van der Waals surface area contributed by atoms with E-state index in [0.717, 1.165) is 61.9 Å². The lowest BCUT2D eigenvalue weighted by Crippen LogP contribution is -2.55. The van der Waals surface area contributed by atoms with Crippen LogP contribution in [0.25, 0.3) is 10.9 Å². The van der Waals surface area contributed by atoms with E-state index < -0.39 is 47.8 Å². The fourth-order valence-electron chi connectivity index (χ4n) is 5.22. The second-order valence-electron chi connectivity index (χ2n) is 11.3. The molecule has 0 radical (unpaired) electrons. The minimum atomic E-state index is -3.01. The predicted octanol–water partition coefficient (Wildman–Crippen LogP) is 5.01. The molecule has 2 aromatic rings. The van der Waals surface area contributed by atoms with E-state index in [1.54, 1.807) is 18.3 Å². The van der Waals surface area contributed by atoms with E-state index in [9.17, 15) is 44.4 Å². The van der Waals surface area contributed by atoms with Crippen molar-refractivity contribution in [1.29, 1.82) is 0 Å². The number of hydrogen-bond acceptors (Lipinski definition) is 6. The summed E-state index contributed by atoms with van der Waals surface area (Å²) in [5.74, 6) is -7.64. The number of Topliss-reactive ketones (excluding diaryl/α,β-unsaturated/α-hetero) is 1. The van der Waals surface area contributed by atoms with Crippen LogP contribution in [-0.4, -0.2) is 66.7 Å². The van der Waals surface area contributed by atoms with E-state index in [4.69, 9.17) is 0 Å². The number of benzene rings is 1. The Kier molecular flexibility index (Phi) is 15.3. The number of unbranched alkanes of at least 4 members (excludes halogenated alkanes) is 8. The van der Waals surface area contributed by atoms with Crippen molar-refractivity contribution >= 4 is 40.5 Å². The smallest absolute Gasteiger partial charge is 0.337 e. The zero-order valence-electron chi connectivity index (χ0n) is 25.4. The molecular formula is C33H46N2O9. The monoisotopic (exact) mass is 614 g/mol. The van der Waals surface area contributed by atoms with Gasteiger partial charge in [-0.3, -0.25) is 14.4 Å². The van der Waals surface area contributed by atoms with Gasteiger partial charge in [0, 0.05) is 36.4 Å². The van der Waals surface area contributed by atoms with Gasteiger partial charge in [-0.25, -0.2) is 9.59 Å². The highest BCUT2D eigenvalue weighted by atomic mass is 16.4. The maximum absolute atomic E-state index is 13.3. The largest absolute Gasteiger partial charge is 0.481 e. The molecule has 6 N–H and O–H groups in total. The first-order valence-electron chi connectivity index (χ1n) is 15.4. The molecule has 2 rings (SSSR count). The quantitative estimate of drug-likeness (QED) is 0.0736. The van der Waals surface area contributed by atoms with Crippen LogP contribution in [0.4, 0.5) is 0 Å². The van der Waals surface area contributed by atoms with Gasteiger partial charge in [-0.05, 0) is 37.3 Å². The number of ketones is 1. The number of fused-ring (bicyclic) bond motifs is 1. The summed E-state index contributed by atoms with van der Waals surface area (Å²) in [5.41, 5.74) is -1.63. The molecular weight excluding hydrogens is 568 g/mol. The van der Waals surface area contributed by atoms with Crippen molar-refractivity contribution in [2.24, 2.45) is 5.92 Å². The van der Waals surface area contributed by atoms with Crippen molar-refractivity contribution in [3.8, 4) is 0 Å². The molecule has 0 aliphatic heterocycles. The van der Waals surface area contributed by atoms with Crippen LogP contribution >= 0.6 is 0 Å². The number of para-hydroxylation sites is 1. The molecule has 1 aromatic heterocycles. The molecule has 0 bridgehead atoms. The molecule has 0 saturated carbocycles. The topological polar surface area (TPSA) is 194 Å². The molecule has 0 aliphatic rings. The number of amides is 1. The van der Waals surface area contributed by atoms with Gasteiger partial charge in [0.15, 0.2) is 5.60 Å². The SMILES string of the molecule is CCCCCCCC(=O)CCCCCC/C=C/C(C(=O)N[C@@H](Cc1c[nH]c2ccccc12)C(=O)O)C(O)(CC(=O)O)C(=O)O. The first-order chi connectivity index (χ1) is 21.0. The van der Waals surface area contributed by atoms with Crippen molar-refractivity contribution in [2.45, 2.75) is 108 Å². The van der Waals surface area contributed by atoms with E-state index in [1.165, 1.54) is 12.5 Å². The fourth-order valence-corrected chi connectivity index (χ4v) is 5.22. The Labute approximate surface area is 257 Å². The van der Waals surface area contributed by atoms with Crippen molar-refractivity contribution in [3.63, 3.8) is 0 Å². The van der Waals surface area contributed by atoms with Gasteiger partial charge in [0.05, 0.1) is 12.3 Å². The van der Waals surface area contributed by atoms with E-state index in [1.807, 2.05) is 12.1 Å². The molecule has 242 valence electrons. The summed E-state index contributed by atoms with van der Waals surface area (Å²) >= 11 is 0. The summed E-state index contributed by atoms with van der Waals surface area (Å²) < 4.78 is 0. The van der Waals surface area contributed by atoms with Gasteiger partial charge < -0.3 is 30.7 Å². The van der Waals surface area contributed by atoms with Gasteiger partial charge in [-0.1, -0.05) is 75.8 Å². The number of carboxylic acids is 3. The second kappa shape index (κ2) is 18.6. The van der Waals surface area contributed by atoms with Gasteiger partial charge >= 0.3 is 17.9 Å². The molecule has 11 nitrogen and oxygen atoms in total. The van der Waals surface area contributed by atoms with Crippen LogP contribution in [0.3, 0.4) is 0 Å². The number of aromatic amines is 1. The Hall–Kier alpha value is -3.99. The number of carbonyl (C=O) groups is 5.